The van der Waals surface area contributed by atoms with Crippen molar-refractivity contribution in [2.24, 2.45) is 0 Å². The summed E-state index contributed by atoms with van der Waals surface area (Å²) in [5, 5.41) is 3.07. The van der Waals surface area contributed by atoms with Crippen LogP contribution in [0.5, 0.6) is 0 Å². The van der Waals surface area contributed by atoms with Gasteiger partial charge >= 0.3 is 0 Å². The highest BCUT2D eigenvalue weighted by molar-refractivity contribution is 7.79. The molecule has 0 bridgehead atoms. The first-order valence-electron chi connectivity index (χ1n) is 5.35. The Labute approximate surface area is 96.6 Å². The van der Waals surface area contributed by atoms with Crippen LogP contribution in [-0.4, -0.2) is 25.0 Å². The van der Waals surface area contributed by atoms with Crippen LogP contribution in [0.3, 0.4) is 0 Å². The molecule has 0 aromatic heterocycles. The highest BCUT2D eigenvalue weighted by atomic mass is 31.2. The monoisotopic (exact) mass is 239 g/mol. The van der Waals surface area contributed by atoms with Crippen LogP contribution in [0.1, 0.15) is 12.5 Å². The van der Waals surface area contributed by atoms with Crippen molar-refractivity contribution in [1.29, 1.82) is 0 Å². The lowest BCUT2D eigenvalue weighted by atomic mass is 10.2. The predicted octanol–water partition coefficient (Wildman–Crippen LogP) is 2.32. The van der Waals surface area contributed by atoms with Gasteiger partial charge in [-0.1, -0.05) is 30.3 Å². The van der Waals surface area contributed by atoms with Gasteiger partial charge in [0.15, 0.2) is 12.7 Å². The van der Waals surface area contributed by atoms with Gasteiger partial charge in [0, 0.05) is 6.92 Å². The molecule has 3 nitrogen and oxygen atoms in total. The summed E-state index contributed by atoms with van der Waals surface area (Å²) in [5.74, 6) is 0. The molecule has 1 rings (SSSR count). The molecule has 0 spiro atoms. The van der Waals surface area contributed by atoms with Crippen LogP contribution in [-0.2, 0) is 15.8 Å². The van der Waals surface area contributed by atoms with Crippen LogP contribution >= 0.6 is 7.14 Å². The maximum Gasteiger partial charge on any atom is 0.189 e. The first-order valence-corrected chi connectivity index (χ1v) is 7.68. The van der Waals surface area contributed by atoms with Crippen molar-refractivity contribution in [3.63, 3.8) is 0 Å². The Morgan fingerprint density at radius 2 is 1.94 bits per heavy atom. The highest BCUT2D eigenvalue weighted by Crippen LogP contribution is 2.39. The Morgan fingerprint density at radius 3 is 2.50 bits per heavy atom. The molecule has 16 heavy (non-hydrogen) atoms. The minimum atomic E-state index is -2.64. The first-order chi connectivity index (χ1) is 7.52. The molecule has 1 unspecified atom stereocenters. The third kappa shape index (κ3) is 4.30. The van der Waals surface area contributed by atoms with E-state index >= 15 is 0 Å². The maximum atomic E-state index is 11.7. The van der Waals surface area contributed by atoms with Crippen LogP contribution < -0.4 is 5.32 Å². The zero-order chi connectivity index (χ0) is 12.0. The Kier molecular flexibility index (Phi) is 4.91. The summed E-state index contributed by atoms with van der Waals surface area (Å²) in [6.45, 7) is 3.67. The molecule has 0 saturated heterocycles. The number of nitrogens with one attached hydrogen (secondary N) is 1. The summed E-state index contributed by atoms with van der Waals surface area (Å²) < 4.78 is 11.7. The first kappa shape index (κ1) is 13.1. The molecule has 0 fully saturated rings. The van der Waals surface area contributed by atoms with Crippen molar-refractivity contribution in [3.05, 3.63) is 35.9 Å². The largest absolute Gasteiger partial charge is 0.315 e. The van der Waals surface area contributed by atoms with Crippen LogP contribution in [0.25, 0.3) is 0 Å². The second kappa shape index (κ2) is 5.97. The Balaban J connectivity index is 2.28. The van der Waals surface area contributed by atoms with E-state index in [1.807, 2.05) is 18.2 Å². The molecule has 0 aliphatic carbocycles. The molecule has 1 aromatic rings. The van der Waals surface area contributed by atoms with Crippen molar-refractivity contribution in [2.75, 3.05) is 19.5 Å². The lowest BCUT2D eigenvalue weighted by Crippen LogP contribution is -2.20. The van der Waals surface area contributed by atoms with Gasteiger partial charge in [-0.3, -0.25) is 4.79 Å². The molecule has 88 valence electrons. The van der Waals surface area contributed by atoms with Crippen molar-refractivity contribution in [2.45, 2.75) is 13.3 Å². The van der Waals surface area contributed by atoms with Gasteiger partial charge in [-0.2, -0.15) is 0 Å². The van der Waals surface area contributed by atoms with Crippen molar-refractivity contribution < 1.29 is 9.36 Å². The quantitative estimate of drug-likeness (QED) is 0.612. The fourth-order valence-electron chi connectivity index (χ4n) is 1.28. The van der Waals surface area contributed by atoms with E-state index in [1.165, 1.54) is 19.2 Å². The Bertz CT molecular complexity index is 389. The van der Waals surface area contributed by atoms with Gasteiger partial charge < -0.3 is 9.88 Å². The van der Waals surface area contributed by atoms with Gasteiger partial charge in [-0.15, -0.1) is 0 Å². The zero-order valence-corrected chi connectivity index (χ0v) is 10.7. The molecule has 1 atom stereocenters. The van der Waals surface area contributed by atoms with Crippen molar-refractivity contribution >= 4 is 12.7 Å². The number of hydrogen-bond donors (Lipinski definition) is 1. The molecular formula is C12H18NO2P. The fourth-order valence-corrected chi connectivity index (χ4v) is 2.09. The highest BCUT2D eigenvalue weighted by Gasteiger charge is 2.19. The molecule has 0 saturated carbocycles. The molecule has 4 heteroatoms. The molecule has 0 heterocycles. The summed E-state index contributed by atoms with van der Waals surface area (Å²) >= 11 is 0. The normalized spacial score (nSPS) is 14.4. The van der Waals surface area contributed by atoms with Crippen molar-refractivity contribution in [3.8, 4) is 0 Å². The summed E-state index contributed by atoms with van der Waals surface area (Å²) in [6, 6.07) is 10.1. The molecular weight excluding hydrogens is 221 g/mol. The lowest BCUT2D eigenvalue weighted by molar-refractivity contribution is -0.110. The average molecular weight is 239 g/mol. The molecule has 0 radical (unpaired) electrons. The summed E-state index contributed by atoms with van der Waals surface area (Å²) in [6.07, 6.45) is 1.19. The maximum absolute atomic E-state index is 11.7. The zero-order valence-electron chi connectivity index (χ0n) is 9.77. The van der Waals surface area contributed by atoms with E-state index in [-0.39, 0.29) is 5.52 Å². The van der Waals surface area contributed by atoms with E-state index in [2.05, 4.69) is 17.4 Å². The number of hydrogen-bond acceptors (Lipinski definition) is 3. The van der Waals surface area contributed by atoms with Gasteiger partial charge in [0.2, 0.25) is 0 Å². The Morgan fingerprint density at radius 1 is 1.31 bits per heavy atom. The lowest BCUT2D eigenvalue weighted by Gasteiger charge is -2.10. The smallest absolute Gasteiger partial charge is 0.189 e. The molecule has 0 aliphatic rings. The predicted molar refractivity (Wildman–Crippen MR) is 67.2 cm³/mol. The number of rotatable bonds is 6. The van der Waals surface area contributed by atoms with Gasteiger partial charge in [0.05, 0.1) is 6.29 Å². The van der Waals surface area contributed by atoms with Crippen molar-refractivity contribution in [1.82, 2.24) is 5.32 Å². The van der Waals surface area contributed by atoms with E-state index in [0.29, 0.717) is 6.29 Å². The van der Waals surface area contributed by atoms with E-state index < -0.39 is 7.14 Å². The van der Waals surface area contributed by atoms with E-state index in [9.17, 15) is 9.36 Å². The summed E-state index contributed by atoms with van der Waals surface area (Å²) in [4.78, 5) is 11.0. The van der Waals surface area contributed by atoms with Gasteiger partial charge in [0.25, 0.3) is 0 Å². The second-order valence-corrected chi connectivity index (χ2v) is 7.16. The van der Waals surface area contributed by atoms with Crippen LogP contribution in [0, 0.1) is 0 Å². The Hall–Kier alpha value is -0.920. The number of carbonyl (C=O) groups excluding carboxylic acids is 1. The third-order valence-electron chi connectivity index (χ3n) is 2.51. The van der Waals surface area contributed by atoms with Gasteiger partial charge in [-0.25, -0.2) is 0 Å². The molecule has 1 aromatic carbocycles. The van der Waals surface area contributed by atoms with E-state index in [4.69, 9.17) is 0 Å². The SMILES string of the molecule is CC(=O)P(C)(=O)CNCCc1ccccc1. The topological polar surface area (TPSA) is 46.2 Å². The fraction of sp³-hybridized carbons (Fsp3) is 0.417. The summed E-state index contributed by atoms with van der Waals surface area (Å²) in [7, 11) is -2.64. The van der Waals surface area contributed by atoms with E-state index in [1.54, 1.807) is 0 Å². The van der Waals surface area contributed by atoms with E-state index in [0.717, 1.165) is 13.0 Å². The molecule has 0 amide bonds. The summed E-state index contributed by atoms with van der Waals surface area (Å²) in [5.41, 5.74) is 1.03. The minimum Gasteiger partial charge on any atom is -0.315 e. The van der Waals surface area contributed by atoms with Crippen LogP contribution in [0.15, 0.2) is 30.3 Å². The number of carbonyl (C=O) groups is 1. The second-order valence-electron chi connectivity index (χ2n) is 4.01. The van der Waals surface area contributed by atoms with Crippen LogP contribution in [0.4, 0.5) is 0 Å². The number of benzene rings is 1. The standard InChI is InChI=1S/C12H18NO2P/c1-11(14)16(2,15)10-13-9-8-12-6-4-3-5-7-12/h3-7,13H,8-10H2,1-2H3. The molecule has 0 aliphatic heterocycles. The van der Waals surface area contributed by atoms with Gasteiger partial charge in [0.1, 0.15) is 0 Å². The average Bonchev–Trinajstić information content (AvgIpc) is 2.26. The van der Waals surface area contributed by atoms with Crippen LogP contribution in [0.2, 0.25) is 0 Å². The molecule has 1 N–H and O–H groups in total. The van der Waals surface area contributed by atoms with Gasteiger partial charge in [-0.05, 0) is 25.2 Å². The third-order valence-corrected chi connectivity index (χ3v) is 4.67. The minimum absolute atomic E-state index is 0.209.